The Morgan fingerprint density at radius 3 is 2.68 bits per heavy atom. The topological polar surface area (TPSA) is 73.3 Å². The van der Waals surface area contributed by atoms with Crippen molar-refractivity contribution in [1.82, 2.24) is 14.4 Å². The first-order valence-corrected chi connectivity index (χ1v) is 6.85. The van der Waals surface area contributed by atoms with Gasteiger partial charge in [-0.25, -0.2) is 4.98 Å². The number of carbonyl (C=O) groups excluding carboxylic acids is 1. The van der Waals surface area contributed by atoms with Gasteiger partial charge in [-0.3, -0.25) is 9.78 Å². The van der Waals surface area contributed by atoms with Crippen molar-refractivity contribution in [1.29, 1.82) is 0 Å². The van der Waals surface area contributed by atoms with Gasteiger partial charge in [0.25, 0.3) is 5.91 Å². The molecule has 5 nitrogen and oxygen atoms in total. The number of nitrogens with zero attached hydrogens (tertiary/aromatic N) is 3. The van der Waals surface area contributed by atoms with E-state index in [0.717, 1.165) is 16.5 Å². The third-order valence-electron chi connectivity index (χ3n) is 3.64. The molecule has 0 atom stereocenters. The number of rotatable bonds is 2. The third kappa shape index (κ3) is 1.91. The highest BCUT2D eigenvalue weighted by Crippen LogP contribution is 2.22. The number of hydrogen-bond donors (Lipinski definition) is 1. The van der Waals surface area contributed by atoms with Gasteiger partial charge in [-0.2, -0.15) is 0 Å². The summed E-state index contributed by atoms with van der Waals surface area (Å²) in [6.07, 6.45) is 5.50. The number of fused-ring (bicyclic) bond motifs is 2. The molecule has 0 aliphatic rings. The van der Waals surface area contributed by atoms with Crippen LogP contribution in [0.15, 0.2) is 61.1 Å². The summed E-state index contributed by atoms with van der Waals surface area (Å²) in [6.45, 7) is 0. The quantitative estimate of drug-likeness (QED) is 0.616. The number of amides is 1. The van der Waals surface area contributed by atoms with Crippen LogP contribution in [0.5, 0.6) is 0 Å². The zero-order valence-electron chi connectivity index (χ0n) is 11.6. The Hall–Kier alpha value is -3.21. The molecule has 0 radical (unpaired) electrons. The number of carbonyl (C=O) groups is 1. The minimum Gasteiger partial charge on any atom is -0.365 e. The molecule has 0 aliphatic heterocycles. The van der Waals surface area contributed by atoms with Gasteiger partial charge in [-0.1, -0.05) is 24.3 Å². The second kappa shape index (κ2) is 4.66. The van der Waals surface area contributed by atoms with Crippen LogP contribution < -0.4 is 5.73 Å². The molecule has 4 rings (SSSR count). The van der Waals surface area contributed by atoms with Crippen molar-refractivity contribution in [2.24, 2.45) is 5.73 Å². The Labute approximate surface area is 126 Å². The van der Waals surface area contributed by atoms with Gasteiger partial charge in [0.15, 0.2) is 0 Å². The highest BCUT2D eigenvalue weighted by atomic mass is 16.1. The maximum Gasteiger partial charge on any atom is 0.252 e. The van der Waals surface area contributed by atoms with Gasteiger partial charge in [0, 0.05) is 24.0 Å². The van der Waals surface area contributed by atoms with Crippen LogP contribution in [0.4, 0.5) is 0 Å². The molecule has 1 amide bonds. The molecule has 1 aromatic carbocycles. The fourth-order valence-electron chi connectivity index (χ4n) is 2.55. The zero-order chi connectivity index (χ0) is 15.1. The molecule has 3 heterocycles. The molecule has 4 aromatic rings. The third-order valence-corrected chi connectivity index (χ3v) is 3.64. The summed E-state index contributed by atoms with van der Waals surface area (Å²) in [5.41, 5.74) is 7.80. The molecule has 0 saturated carbocycles. The molecule has 0 bridgehead atoms. The van der Waals surface area contributed by atoms with E-state index < -0.39 is 5.91 Å². The Morgan fingerprint density at radius 2 is 1.86 bits per heavy atom. The Kier molecular flexibility index (Phi) is 2.66. The molecule has 0 fully saturated rings. The summed E-state index contributed by atoms with van der Waals surface area (Å²) in [7, 11) is 0. The minimum absolute atomic E-state index is 0.398. The summed E-state index contributed by atoms with van der Waals surface area (Å²) in [6, 6.07) is 13.4. The van der Waals surface area contributed by atoms with E-state index in [9.17, 15) is 4.79 Å². The van der Waals surface area contributed by atoms with Crippen molar-refractivity contribution in [3.8, 4) is 11.4 Å². The van der Waals surface area contributed by atoms with E-state index in [1.807, 2.05) is 48.9 Å². The number of primary amides is 1. The lowest BCUT2D eigenvalue weighted by molar-refractivity contribution is 0.100. The van der Waals surface area contributed by atoms with Gasteiger partial charge in [-0.15, -0.1) is 0 Å². The van der Waals surface area contributed by atoms with Gasteiger partial charge in [0.2, 0.25) is 0 Å². The predicted octanol–water partition coefficient (Wildman–Crippen LogP) is 2.65. The molecule has 2 N–H and O–H groups in total. The van der Waals surface area contributed by atoms with Crippen LogP contribution in [-0.4, -0.2) is 20.3 Å². The maximum absolute atomic E-state index is 11.5. The van der Waals surface area contributed by atoms with Crippen molar-refractivity contribution < 1.29 is 4.79 Å². The van der Waals surface area contributed by atoms with Gasteiger partial charge in [-0.05, 0) is 23.6 Å². The van der Waals surface area contributed by atoms with Gasteiger partial charge in [0.1, 0.15) is 11.3 Å². The number of nitrogens with two attached hydrogens (primary N) is 1. The van der Waals surface area contributed by atoms with Crippen molar-refractivity contribution in [3.63, 3.8) is 0 Å². The molecular formula is C17H12N4O. The first-order chi connectivity index (χ1) is 10.7. The first-order valence-electron chi connectivity index (χ1n) is 6.85. The Bertz CT molecular complexity index is 1020. The molecule has 0 spiro atoms. The van der Waals surface area contributed by atoms with Crippen LogP contribution in [0.1, 0.15) is 10.4 Å². The fourth-order valence-corrected chi connectivity index (χ4v) is 2.55. The van der Waals surface area contributed by atoms with E-state index in [0.29, 0.717) is 16.9 Å². The summed E-state index contributed by atoms with van der Waals surface area (Å²) in [4.78, 5) is 20.5. The second-order valence-electron chi connectivity index (χ2n) is 5.06. The average Bonchev–Trinajstić information content (AvgIpc) is 2.98. The SMILES string of the molecule is NC(=O)c1cccn2cc(-c3cc4ccccc4cn3)nc12. The van der Waals surface area contributed by atoms with E-state index in [2.05, 4.69) is 9.97 Å². The smallest absolute Gasteiger partial charge is 0.252 e. The predicted molar refractivity (Wildman–Crippen MR) is 84.4 cm³/mol. The lowest BCUT2D eigenvalue weighted by Crippen LogP contribution is -2.12. The molecule has 0 saturated heterocycles. The van der Waals surface area contributed by atoms with Crippen LogP contribution in [0, 0.1) is 0 Å². The Balaban J connectivity index is 1.92. The van der Waals surface area contributed by atoms with Crippen LogP contribution in [0.3, 0.4) is 0 Å². The molecule has 106 valence electrons. The molecular weight excluding hydrogens is 276 g/mol. The van der Waals surface area contributed by atoms with E-state index in [1.165, 1.54) is 0 Å². The minimum atomic E-state index is -0.491. The monoisotopic (exact) mass is 288 g/mol. The summed E-state index contributed by atoms with van der Waals surface area (Å²) in [5.74, 6) is -0.491. The highest BCUT2D eigenvalue weighted by molar-refractivity contribution is 5.99. The highest BCUT2D eigenvalue weighted by Gasteiger charge is 2.12. The lowest BCUT2D eigenvalue weighted by Gasteiger charge is -1.99. The number of benzene rings is 1. The average molecular weight is 288 g/mol. The van der Waals surface area contributed by atoms with E-state index in [4.69, 9.17) is 5.73 Å². The number of hydrogen-bond acceptors (Lipinski definition) is 3. The van der Waals surface area contributed by atoms with Gasteiger partial charge >= 0.3 is 0 Å². The van der Waals surface area contributed by atoms with E-state index in [-0.39, 0.29) is 0 Å². The zero-order valence-corrected chi connectivity index (χ0v) is 11.6. The molecule has 0 unspecified atom stereocenters. The van der Waals surface area contributed by atoms with Crippen molar-refractivity contribution in [2.45, 2.75) is 0 Å². The first kappa shape index (κ1) is 12.5. The van der Waals surface area contributed by atoms with Crippen LogP contribution in [0.2, 0.25) is 0 Å². The largest absolute Gasteiger partial charge is 0.365 e. The van der Waals surface area contributed by atoms with Crippen molar-refractivity contribution >= 4 is 22.3 Å². The number of aromatic nitrogens is 3. The number of imidazole rings is 1. The molecule has 22 heavy (non-hydrogen) atoms. The van der Waals surface area contributed by atoms with Crippen molar-refractivity contribution in [3.05, 3.63) is 66.6 Å². The summed E-state index contributed by atoms with van der Waals surface area (Å²) >= 11 is 0. The fraction of sp³-hybridized carbons (Fsp3) is 0. The normalized spacial score (nSPS) is 11.1. The van der Waals surface area contributed by atoms with Crippen LogP contribution >= 0.6 is 0 Å². The molecule has 3 aromatic heterocycles. The number of pyridine rings is 2. The lowest BCUT2D eigenvalue weighted by atomic mass is 10.1. The van der Waals surface area contributed by atoms with Crippen molar-refractivity contribution in [2.75, 3.05) is 0 Å². The summed E-state index contributed by atoms with van der Waals surface area (Å²) < 4.78 is 1.78. The Morgan fingerprint density at radius 1 is 1.05 bits per heavy atom. The molecule has 0 aliphatic carbocycles. The van der Waals surface area contributed by atoms with Gasteiger partial charge in [0.05, 0.1) is 11.3 Å². The maximum atomic E-state index is 11.5. The molecule has 5 heteroatoms. The van der Waals surface area contributed by atoms with E-state index >= 15 is 0 Å². The summed E-state index contributed by atoms with van der Waals surface area (Å²) in [5, 5.41) is 2.17. The second-order valence-corrected chi connectivity index (χ2v) is 5.06. The standard InChI is InChI=1S/C17H12N4O/c18-16(22)13-6-3-7-21-10-15(20-17(13)21)14-8-11-4-1-2-5-12(11)9-19-14/h1-10H,(H2,18,22). The van der Waals surface area contributed by atoms with Crippen LogP contribution in [-0.2, 0) is 0 Å². The van der Waals surface area contributed by atoms with Crippen LogP contribution in [0.25, 0.3) is 27.8 Å². The van der Waals surface area contributed by atoms with Gasteiger partial charge < -0.3 is 10.1 Å². The van der Waals surface area contributed by atoms with E-state index in [1.54, 1.807) is 16.5 Å².